The fourth-order valence-corrected chi connectivity index (χ4v) is 2.55. The summed E-state index contributed by atoms with van der Waals surface area (Å²) in [6, 6.07) is 7.39. The van der Waals surface area contributed by atoms with Crippen LogP contribution in [0.4, 0.5) is 0 Å². The van der Waals surface area contributed by atoms with Gasteiger partial charge in [-0.15, -0.1) is 0 Å². The Morgan fingerprint density at radius 3 is 2.67 bits per heavy atom. The molecule has 0 heterocycles. The average Bonchev–Trinajstić information content (AvgIpc) is 2.37. The zero-order valence-electron chi connectivity index (χ0n) is 12.3. The summed E-state index contributed by atoms with van der Waals surface area (Å²) in [5.41, 5.74) is 0.945. The Morgan fingerprint density at radius 2 is 2.10 bits per heavy atom. The van der Waals surface area contributed by atoms with Crippen molar-refractivity contribution in [1.29, 1.82) is 0 Å². The van der Waals surface area contributed by atoms with E-state index in [4.69, 9.17) is 9.84 Å². The highest BCUT2D eigenvalue weighted by Gasteiger charge is 2.41. The molecule has 5 heteroatoms. The highest BCUT2D eigenvalue weighted by Crippen LogP contribution is 2.35. The maximum absolute atomic E-state index is 12.1. The first-order valence-corrected chi connectivity index (χ1v) is 7.29. The number of hydrogen-bond acceptors (Lipinski definition) is 3. The highest BCUT2D eigenvalue weighted by molar-refractivity contribution is 5.86. The second kappa shape index (κ2) is 6.61. The van der Waals surface area contributed by atoms with Crippen molar-refractivity contribution < 1.29 is 19.4 Å². The average molecular weight is 291 g/mol. The topological polar surface area (TPSA) is 75.6 Å². The van der Waals surface area contributed by atoms with Crippen molar-refractivity contribution in [2.75, 3.05) is 6.61 Å². The fraction of sp³-hybridized carbons (Fsp3) is 0.500. The van der Waals surface area contributed by atoms with Crippen molar-refractivity contribution in [3.63, 3.8) is 0 Å². The van der Waals surface area contributed by atoms with Gasteiger partial charge in [0, 0.05) is 0 Å². The third-order valence-corrected chi connectivity index (χ3v) is 3.96. The van der Waals surface area contributed by atoms with Gasteiger partial charge < -0.3 is 15.2 Å². The molecule has 2 rings (SSSR count). The molecule has 2 N–H and O–H groups in total. The minimum atomic E-state index is -0.882. The lowest BCUT2D eigenvalue weighted by Gasteiger charge is -2.33. The van der Waals surface area contributed by atoms with Crippen molar-refractivity contribution in [2.45, 2.75) is 32.7 Å². The molecule has 114 valence electrons. The number of benzene rings is 1. The van der Waals surface area contributed by atoms with Crippen molar-refractivity contribution in [1.82, 2.24) is 5.32 Å². The van der Waals surface area contributed by atoms with Crippen LogP contribution >= 0.6 is 0 Å². The number of nitrogens with one attached hydrogen (secondary N) is 1. The van der Waals surface area contributed by atoms with Gasteiger partial charge in [0.2, 0.25) is 5.91 Å². The summed E-state index contributed by atoms with van der Waals surface area (Å²) < 4.78 is 5.44. The van der Waals surface area contributed by atoms with Crippen LogP contribution in [0.25, 0.3) is 0 Å². The van der Waals surface area contributed by atoms with Gasteiger partial charge in [0.05, 0.1) is 24.5 Å². The predicted octanol–water partition coefficient (Wildman–Crippen LogP) is 2.37. The van der Waals surface area contributed by atoms with Crippen molar-refractivity contribution >= 4 is 11.9 Å². The minimum Gasteiger partial charge on any atom is -0.494 e. The molecule has 1 aromatic carbocycles. The van der Waals surface area contributed by atoms with Crippen molar-refractivity contribution in [3.05, 3.63) is 29.8 Å². The number of carboxylic acids is 1. The van der Waals surface area contributed by atoms with Crippen LogP contribution in [0, 0.1) is 11.8 Å². The number of ether oxygens (including phenoxy) is 1. The monoisotopic (exact) mass is 291 g/mol. The van der Waals surface area contributed by atoms with Crippen LogP contribution in [0.15, 0.2) is 24.3 Å². The number of carbonyl (C=O) groups is 2. The molecule has 1 aromatic rings. The van der Waals surface area contributed by atoms with E-state index in [2.05, 4.69) is 5.32 Å². The standard InChI is InChI=1S/C16H21NO4/c1-3-21-12-6-4-5-11(9-12)10(2)17-15(18)13-7-8-14(13)16(19)20/h4-6,9-10,13-14H,3,7-8H2,1-2H3,(H,17,18)(H,19,20). The molecular formula is C16H21NO4. The summed E-state index contributed by atoms with van der Waals surface area (Å²) in [5, 5.41) is 11.9. The molecule has 0 saturated heterocycles. The first kappa shape index (κ1) is 15.4. The normalized spacial score (nSPS) is 22.0. The Bertz CT molecular complexity index is 529. The van der Waals surface area contributed by atoms with Gasteiger partial charge in [-0.3, -0.25) is 9.59 Å². The zero-order chi connectivity index (χ0) is 15.4. The van der Waals surface area contributed by atoms with E-state index < -0.39 is 17.8 Å². The van der Waals surface area contributed by atoms with Crippen LogP contribution in [0.5, 0.6) is 5.75 Å². The lowest BCUT2D eigenvalue weighted by molar-refractivity contribution is -0.152. The third kappa shape index (κ3) is 3.54. The largest absolute Gasteiger partial charge is 0.494 e. The molecule has 0 bridgehead atoms. The van der Waals surface area contributed by atoms with E-state index in [1.807, 2.05) is 38.1 Å². The van der Waals surface area contributed by atoms with Crippen LogP contribution in [-0.2, 0) is 9.59 Å². The zero-order valence-corrected chi connectivity index (χ0v) is 12.3. The molecule has 0 aliphatic heterocycles. The molecular weight excluding hydrogens is 270 g/mol. The van der Waals surface area contributed by atoms with Gasteiger partial charge >= 0.3 is 5.97 Å². The molecule has 3 unspecified atom stereocenters. The van der Waals surface area contributed by atoms with Gasteiger partial charge in [-0.25, -0.2) is 0 Å². The number of amides is 1. The van der Waals surface area contributed by atoms with Crippen molar-refractivity contribution in [3.8, 4) is 5.75 Å². The van der Waals surface area contributed by atoms with E-state index in [9.17, 15) is 9.59 Å². The molecule has 1 amide bonds. The summed E-state index contributed by atoms with van der Waals surface area (Å²) in [6.07, 6.45) is 1.23. The molecule has 0 radical (unpaired) electrons. The van der Waals surface area contributed by atoms with E-state index in [0.717, 1.165) is 11.3 Å². The first-order valence-electron chi connectivity index (χ1n) is 7.29. The lowest BCUT2D eigenvalue weighted by Crippen LogP contribution is -2.44. The fourth-order valence-electron chi connectivity index (χ4n) is 2.55. The Morgan fingerprint density at radius 1 is 1.38 bits per heavy atom. The van der Waals surface area contributed by atoms with E-state index in [1.165, 1.54) is 0 Å². The second-order valence-corrected chi connectivity index (χ2v) is 5.36. The van der Waals surface area contributed by atoms with Gasteiger partial charge in [0.1, 0.15) is 5.75 Å². The maximum atomic E-state index is 12.1. The molecule has 0 aromatic heterocycles. The Kier molecular flexibility index (Phi) is 4.83. The second-order valence-electron chi connectivity index (χ2n) is 5.36. The number of rotatable bonds is 6. The third-order valence-electron chi connectivity index (χ3n) is 3.96. The summed E-state index contributed by atoms with van der Waals surface area (Å²) >= 11 is 0. The number of carboxylic acid groups (broad SMARTS) is 1. The van der Waals surface area contributed by atoms with Crippen LogP contribution in [0.2, 0.25) is 0 Å². The van der Waals surface area contributed by atoms with Gasteiger partial charge in [0.15, 0.2) is 0 Å². The van der Waals surface area contributed by atoms with E-state index in [-0.39, 0.29) is 11.9 Å². The number of aliphatic carboxylic acids is 1. The van der Waals surface area contributed by atoms with Gasteiger partial charge in [0.25, 0.3) is 0 Å². The smallest absolute Gasteiger partial charge is 0.307 e. The molecule has 5 nitrogen and oxygen atoms in total. The molecule has 21 heavy (non-hydrogen) atoms. The molecule has 0 spiro atoms. The molecule has 1 fully saturated rings. The van der Waals surface area contributed by atoms with Crippen LogP contribution < -0.4 is 10.1 Å². The molecule has 3 atom stereocenters. The summed E-state index contributed by atoms with van der Waals surface area (Å²) in [4.78, 5) is 23.1. The Labute approximate surface area is 124 Å². The Balaban J connectivity index is 1.97. The predicted molar refractivity (Wildman–Crippen MR) is 78.0 cm³/mol. The summed E-state index contributed by atoms with van der Waals surface area (Å²) in [5.74, 6) is -1.23. The summed E-state index contributed by atoms with van der Waals surface area (Å²) in [6.45, 7) is 4.39. The van der Waals surface area contributed by atoms with Gasteiger partial charge in [-0.1, -0.05) is 12.1 Å². The maximum Gasteiger partial charge on any atom is 0.307 e. The molecule has 1 aliphatic carbocycles. The Hall–Kier alpha value is -2.04. The molecule has 1 aliphatic rings. The first-order chi connectivity index (χ1) is 10.0. The number of carbonyl (C=O) groups excluding carboxylic acids is 1. The van der Waals surface area contributed by atoms with E-state index in [0.29, 0.717) is 19.4 Å². The van der Waals surface area contributed by atoms with Gasteiger partial charge in [-0.2, -0.15) is 0 Å². The van der Waals surface area contributed by atoms with E-state index >= 15 is 0 Å². The SMILES string of the molecule is CCOc1cccc(C(C)NC(=O)C2CCC2C(=O)O)c1. The van der Waals surface area contributed by atoms with Crippen LogP contribution in [0.1, 0.15) is 38.3 Å². The quantitative estimate of drug-likeness (QED) is 0.843. The number of hydrogen-bond donors (Lipinski definition) is 2. The van der Waals surface area contributed by atoms with Gasteiger partial charge in [-0.05, 0) is 44.4 Å². The van der Waals surface area contributed by atoms with Crippen LogP contribution in [0.3, 0.4) is 0 Å². The highest BCUT2D eigenvalue weighted by atomic mass is 16.5. The summed E-state index contributed by atoms with van der Waals surface area (Å²) in [7, 11) is 0. The molecule has 1 saturated carbocycles. The van der Waals surface area contributed by atoms with E-state index in [1.54, 1.807) is 0 Å². The van der Waals surface area contributed by atoms with Crippen molar-refractivity contribution in [2.24, 2.45) is 11.8 Å². The lowest BCUT2D eigenvalue weighted by atomic mass is 9.73. The minimum absolute atomic E-state index is 0.173. The van der Waals surface area contributed by atoms with Crippen LogP contribution in [-0.4, -0.2) is 23.6 Å².